The molecular weight excluding hydrogens is 384 g/mol. The maximum atomic E-state index is 12.1. The Labute approximate surface area is 179 Å². The van der Waals surface area contributed by atoms with Crippen LogP contribution in [-0.4, -0.2) is 48.4 Å². The van der Waals surface area contributed by atoms with Crippen LogP contribution in [0.2, 0.25) is 0 Å². The Morgan fingerprint density at radius 3 is 2.67 bits per heavy atom. The van der Waals surface area contributed by atoms with Gasteiger partial charge >= 0.3 is 5.97 Å². The summed E-state index contributed by atoms with van der Waals surface area (Å²) in [7, 11) is 0. The van der Waals surface area contributed by atoms with Gasteiger partial charge in [0.1, 0.15) is 25.1 Å². The number of ether oxygens (including phenoxy) is 3. The van der Waals surface area contributed by atoms with Crippen molar-refractivity contribution in [1.29, 1.82) is 0 Å². The normalized spacial score (nSPS) is 20.1. The lowest BCUT2D eigenvalue weighted by molar-refractivity contribution is -0.147. The molecule has 0 bridgehead atoms. The van der Waals surface area contributed by atoms with E-state index in [0.29, 0.717) is 12.2 Å². The minimum absolute atomic E-state index is 0.0701. The minimum Gasteiger partial charge on any atom is -0.491 e. The molecule has 1 aliphatic rings. The fourth-order valence-corrected chi connectivity index (χ4v) is 3.40. The highest BCUT2D eigenvalue weighted by Gasteiger charge is 2.33. The van der Waals surface area contributed by atoms with Gasteiger partial charge in [0.25, 0.3) is 0 Å². The van der Waals surface area contributed by atoms with Crippen LogP contribution in [0.5, 0.6) is 5.75 Å². The van der Waals surface area contributed by atoms with Crippen LogP contribution in [0.4, 0.5) is 0 Å². The number of aliphatic hydroxyl groups excluding tert-OH is 1. The first-order valence-corrected chi connectivity index (χ1v) is 10.8. The summed E-state index contributed by atoms with van der Waals surface area (Å²) in [6, 6.07) is 9.31. The largest absolute Gasteiger partial charge is 0.491 e. The molecule has 1 heterocycles. The van der Waals surface area contributed by atoms with Gasteiger partial charge in [0.2, 0.25) is 0 Å². The standard InChI is InChI=1S/C24H34O6/c1-18(2)30-24(27)13-9-4-3-8-12-21-22(26)17-29-23(21)15-14-19(25)16-28-20-10-6-5-7-11-20/h5-7,10-11,14-15,18-19,21,23,25H,3-4,8-9,12-13,16-17H2,1-2H3/t19-,21+,23-/m1/s1. The van der Waals surface area contributed by atoms with Crippen LogP contribution in [0.25, 0.3) is 0 Å². The summed E-state index contributed by atoms with van der Waals surface area (Å²) in [5.74, 6) is 0.492. The summed E-state index contributed by atoms with van der Waals surface area (Å²) in [6.07, 6.45) is 7.07. The fraction of sp³-hybridized carbons (Fsp3) is 0.583. The molecule has 1 N–H and O–H groups in total. The molecule has 166 valence electrons. The van der Waals surface area contributed by atoms with Crippen LogP contribution in [0.3, 0.4) is 0 Å². The van der Waals surface area contributed by atoms with Crippen molar-refractivity contribution in [3.8, 4) is 5.75 Å². The molecular formula is C24H34O6. The van der Waals surface area contributed by atoms with Crippen LogP contribution >= 0.6 is 0 Å². The molecule has 1 aromatic carbocycles. The van der Waals surface area contributed by atoms with E-state index in [1.807, 2.05) is 44.2 Å². The Morgan fingerprint density at radius 1 is 1.20 bits per heavy atom. The summed E-state index contributed by atoms with van der Waals surface area (Å²) in [6.45, 7) is 3.96. The first kappa shape index (κ1) is 24.1. The van der Waals surface area contributed by atoms with Crippen molar-refractivity contribution in [3.05, 3.63) is 42.5 Å². The molecule has 0 aromatic heterocycles. The second-order valence-corrected chi connectivity index (χ2v) is 7.92. The van der Waals surface area contributed by atoms with Gasteiger partial charge in [-0.2, -0.15) is 0 Å². The number of hydrogen-bond donors (Lipinski definition) is 1. The Bertz CT molecular complexity index is 670. The van der Waals surface area contributed by atoms with Gasteiger partial charge < -0.3 is 19.3 Å². The number of ketones is 1. The predicted octanol–water partition coefficient (Wildman–Crippen LogP) is 3.86. The average molecular weight is 419 g/mol. The zero-order valence-electron chi connectivity index (χ0n) is 18.0. The Balaban J connectivity index is 1.65. The molecule has 0 saturated carbocycles. The smallest absolute Gasteiger partial charge is 0.306 e. The highest BCUT2D eigenvalue weighted by Crippen LogP contribution is 2.25. The molecule has 0 aliphatic carbocycles. The number of esters is 1. The average Bonchev–Trinajstić information content (AvgIpc) is 3.07. The second kappa shape index (κ2) is 13.2. The number of unbranched alkanes of at least 4 members (excludes halogenated alkanes) is 3. The van der Waals surface area contributed by atoms with Gasteiger partial charge in [-0.3, -0.25) is 9.59 Å². The third-order valence-electron chi connectivity index (χ3n) is 4.93. The number of aliphatic hydroxyl groups is 1. The zero-order valence-corrected chi connectivity index (χ0v) is 18.0. The number of carbonyl (C=O) groups is 2. The van der Waals surface area contributed by atoms with E-state index in [9.17, 15) is 14.7 Å². The third-order valence-corrected chi connectivity index (χ3v) is 4.93. The highest BCUT2D eigenvalue weighted by atomic mass is 16.5. The summed E-state index contributed by atoms with van der Waals surface area (Å²) >= 11 is 0. The van der Waals surface area contributed by atoms with Gasteiger partial charge in [0.05, 0.1) is 12.2 Å². The van der Waals surface area contributed by atoms with E-state index >= 15 is 0 Å². The van der Waals surface area contributed by atoms with Crippen molar-refractivity contribution < 1.29 is 28.9 Å². The van der Waals surface area contributed by atoms with Crippen molar-refractivity contribution in [1.82, 2.24) is 0 Å². The van der Waals surface area contributed by atoms with E-state index in [4.69, 9.17) is 14.2 Å². The van der Waals surface area contributed by atoms with Gasteiger partial charge in [-0.1, -0.05) is 49.6 Å². The Kier molecular flexibility index (Phi) is 10.6. The van der Waals surface area contributed by atoms with Crippen molar-refractivity contribution >= 4 is 11.8 Å². The van der Waals surface area contributed by atoms with E-state index in [2.05, 4.69) is 0 Å². The molecule has 1 fully saturated rings. The number of para-hydroxylation sites is 1. The van der Waals surface area contributed by atoms with Crippen molar-refractivity contribution in [2.45, 2.75) is 70.7 Å². The molecule has 1 aromatic rings. The van der Waals surface area contributed by atoms with Crippen LogP contribution in [0.15, 0.2) is 42.5 Å². The monoisotopic (exact) mass is 418 g/mol. The first-order chi connectivity index (χ1) is 14.5. The van der Waals surface area contributed by atoms with Gasteiger partial charge in [-0.05, 0) is 38.8 Å². The molecule has 1 aliphatic heterocycles. The molecule has 6 heteroatoms. The summed E-state index contributed by atoms with van der Waals surface area (Å²) in [5, 5.41) is 10.1. The summed E-state index contributed by atoms with van der Waals surface area (Å²) in [5.41, 5.74) is 0. The number of Topliss-reactive ketones (excluding diaryl/α,β-unsaturated/α-hetero) is 1. The topological polar surface area (TPSA) is 82.1 Å². The SMILES string of the molecule is CC(C)OC(=O)CCCCCC[C@H]1C(=O)CO[C@@H]1C=C[C@@H](O)COc1ccccc1. The van der Waals surface area contributed by atoms with E-state index in [-0.39, 0.29) is 43.1 Å². The molecule has 0 unspecified atom stereocenters. The van der Waals surface area contributed by atoms with Crippen molar-refractivity contribution in [3.63, 3.8) is 0 Å². The van der Waals surface area contributed by atoms with Gasteiger partial charge in [0, 0.05) is 12.3 Å². The van der Waals surface area contributed by atoms with Crippen LogP contribution < -0.4 is 4.74 Å². The van der Waals surface area contributed by atoms with Crippen LogP contribution in [-0.2, 0) is 19.1 Å². The lowest BCUT2D eigenvalue weighted by Crippen LogP contribution is -2.20. The first-order valence-electron chi connectivity index (χ1n) is 10.8. The number of hydrogen-bond acceptors (Lipinski definition) is 6. The van der Waals surface area contributed by atoms with Crippen molar-refractivity contribution in [2.75, 3.05) is 13.2 Å². The molecule has 6 nitrogen and oxygen atoms in total. The zero-order chi connectivity index (χ0) is 21.8. The number of benzene rings is 1. The molecule has 1 saturated heterocycles. The molecule has 0 amide bonds. The van der Waals surface area contributed by atoms with Crippen molar-refractivity contribution in [2.24, 2.45) is 5.92 Å². The van der Waals surface area contributed by atoms with E-state index in [0.717, 1.165) is 32.1 Å². The fourth-order valence-electron chi connectivity index (χ4n) is 3.40. The number of carbonyl (C=O) groups excluding carboxylic acids is 2. The van der Waals surface area contributed by atoms with E-state index < -0.39 is 6.10 Å². The molecule has 0 radical (unpaired) electrons. The van der Waals surface area contributed by atoms with Crippen LogP contribution in [0.1, 0.15) is 52.4 Å². The van der Waals surface area contributed by atoms with Gasteiger partial charge in [0.15, 0.2) is 5.78 Å². The molecule has 0 spiro atoms. The van der Waals surface area contributed by atoms with Gasteiger partial charge in [-0.25, -0.2) is 0 Å². The van der Waals surface area contributed by atoms with Gasteiger partial charge in [-0.15, -0.1) is 0 Å². The lowest BCUT2D eigenvalue weighted by Gasteiger charge is -2.15. The minimum atomic E-state index is -0.768. The molecule has 3 atom stereocenters. The Hall–Kier alpha value is -2.18. The van der Waals surface area contributed by atoms with Crippen LogP contribution in [0, 0.1) is 5.92 Å². The quantitative estimate of drug-likeness (QED) is 0.298. The Morgan fingerprint density at radius 2 is 1.93 bits per heavy atom. The second-order valence-electron chi connectivity index (χ2n) is 7.92. The maximum Gasteiger partial charge on any atom is 0.306 e. The number of rotatable bonds is 13. The molecule has 30 heavy (non-hydrogen) atoms. The lowest BCUT2D eigenvalue weighted by atomic mass is 9.93. The highest BCUT2D eigenvalue weighted by molar-refractivity contribution is 5.84. The summed E-state index contributed by atoms with van der Waals surface area (Å²) in [4.78, 5) is 23.7. The predicted molar refractivity (Wildman–Crippen MR) is 114 cm³/mol. The van der Waals surface area contributed by atoms with E-state index in [1.54, 1.807) is 12.2 Å². The van der Waals surface area contributed by atoms with E-state index in [1.165, 1.54) is 0 Å². The molecule has 2 rings (SSSR count). The maximum absolute atomic E-state index is 12.1. The third kappa shape index (κ3) is 9.09. The summed E-state index contributed by atoms with van der Waals surface area (Å²) < 4.78 is 16.2.